The van der Waals surface area contributed by atoms with Crippen LogP contribution < -0.4 is 14.4 Å². The number of rotatable bonds is 5. The van der Waals surface area contributed by atoms with Gasteiger partial charge in [-0.1, -0.05) is 12.1 Å². The normalized spacial score (nSPS) is 16.9. The number of phenols is 1. The number of carbonyl (C=O) groups is 2. The smallest absolute Gasteiger partial charge is 0.300 e. The molecule has 1 atom stereocenters. The third-order valence-electron chi connectivity index (χ3n) is 5.59. The van der Waals surface area contributed by atoms with Crippen molar-refractivity contribution in [2.75, 3.05) is 19.1 Å². The van der Waals surface area contributed by atoms with Crippen molar-refractivity contribution in [3.8, 4) is 23.3 Å². The van der Waals surface area contributed by atoms with Gasteiger partial charge in [0.2, 0.25) is 0 Å². The molecule has 1 amide bonds. The van der Waals surface area contributed by atoms with Crippen molar-refractivity contribution in [1.29, 1.82) is 5.26 Å². The van der Waals surface area contributed by atoms with Gasteiger partial charge < -0.3 is 19.7 Å². The molecule has 1 heterocycles. The van der Waals surface area contributed by atoms with Crippen LogP contribution in [0.3, 0.4) is 0 Å². The molecule has 0 spiro atoms. The maximum atomic E-state index is 13.2. The average Bonchev–Trinajstić information content (AvgIpc) is 3.13. The lowest BCUT2D eigenvalue weighted by molar-refractivity contribution is -0.132. The Balaban J connectivity index is 1.97. The van der Waals surface area contributed by atoms with Crippen molar-refractivity contribution < 1.29 is 29.3 Å². The standard InChI is InChI=1S/C26H20N2O6/c1-33-19-11-12-21(34-2)20(13-19)24(30)22-23(16-5-9-18(29)10-6-16)28(26(32)25(22)31)17-7-3-15(14-27)4-8-17/h3-13,23,29-30H,1-2H3/b24-22+. The van der Waals surface area contributed by atoms with Crippen molar-refractivity contribution in [2.45, 2.75) is 6.04 Å². The van der Waals surface area contributed by atoms with E-state index in [2.05, 4.69) is 0 Å². The maximum absolute atomic E-state index is 13.2. The number of hydrogen-bond acceptors (Lipinski definition) is 7. The Bertz CT molecular complexity index is 1340. The van der Waals surface area contributed by atoms with Gasteiger partial charge in [0.1, 0.15) is 23.0 Å². The lowest BCUT2D eigenvalue weighted by Gasteiger charge is -2.25. The topological polar surface area (TPSA) is 120 Å². The van der Waals surface area contributed by atoms with Gasteiger partial charge in [-0.05, 0) is 60.2 Å². The lowest BCUT2D eigenvalue weighted by atomic mass is 9.94. The van der Waals surface area contributed by atoms with Crippen molar-refractivity contribution in [1.82, 2.24) is 0 Å². The van der Waals surface area contributed by atoms with Gasteiger partial charge >= 0.3 is 0 Å². The molecule has 3 aromatic rings. The van der Waals surface area contributed by atoms with Crippen LogP contribution in [0.4, 0.5) is 5.69 Å². The predicted molar refractivity (Wildman–Crippen MR) is 124 cm³/mol. The van der Waals surface area contributed by atoms with Crippen molar-refractivity contribution in [3.05, 3.63) is 89.0 Å². The van der Waals surface area contributed by atoms with E-state index in [1.807, 2.05) is 6.07 Å². The van der Waals surface area contributed by atoms with Crippen LogP contribution in [0.2, 0.25) is 0 Å². The minimum atomic E-state index is -0.996. The van der Waals surface area contributed by atoms with Gasteiger partial charge in [-0.25, -0.2) is 0 Å². The highest BCUT2D eigenvalue weighted by Crippen LogP contribution is 2.44. The molecule has 8 nitrogen and oxygen atoms in total. The van der Waals surface area contributed by atoms with Gasteiger partial charge in [-0.3, -0.25) is 14.5 Å². The monoisotopic (exact) mass is 456 g/mol. The Kier molecular flexibility index (Phi) is 5.94. The summed E-state index contributed by atoms with van der Waals surface area (Å²) in [5, 5.41) is 30.2. The first-order valence-electron chi connectivity index (χ1n) is 10.2. The quantitative estimate of drug-likeness (QED) is 0.339. The minimum Gasteiger partial charge on any atom is -0.508 e. The van der Waals surface area contributed by atoms with E-state index in [0.717, 1.165) is 0 Å². The SMILES string of the molecule is COc1ccc(OC)c(/C(O)=C2\C(=O)C(=O)N(c3ccc(C#N)cc3)C2c2ccc(O)cc2)c1. The molecule has 3 aromatic carbocycles. The number of ether oxygens (including phenoxy) is 2. The van der Waals surface area contributed by atoms with Gasteiger partial charge in [0, 0.05) is 5.69 Å². The fourth-order valence-corrected chi connectivity index (χ4v) is 3.91. The number of Topliss-reactive ketones (excluding diaryl/α,β-unsaturated/α-hetero) is 1. The zero-order chi connectivity index (χ0) is 24.4. The number of hydrogen-bond donors (Lipinski definition) is 2. The van der Waals surface area contributed by atoms with Gasteiger partial charge in [-0.15, -0.1) is 0 Å². The maximum Gasteiger partial charge on any atom is 0.300 e. The highest BCUT2D eigenvalue weighted by molar-refractivity contribution is 6.51. The second-order valence-electron chi connectivity index (χ2n) is 7.49. The van der Waals surface area contributed by atoms with E-state index in [0.29, 0.717) is 22.6 Å². The van der Waals surface area contributed by atoms with E-state index in [1.54, 1.807) is 36.4 Å². The van der Waals surface area contributed by atoms with Crippen LogP contribution in [0, 0.1) is 11.3 Å². The summed E-state index contributed by atoms with van der Waals surface area (Å²) in [4.78, 5) is 27.7. The van der Waals surface area contributed by atoms with Crippen LogP contribution in [0.5, 0.6) is 17.2 Å². The minimum absolute atomic E-state index is 0.00791. The highest BCUT2D eigenvalue weighted by Gasteiger charge is 2.47. The number of aromatic hydroxyl groups is 1. The molecule has 0 bridgehead atoms. The molecule has 1 fully saturated rings. The third-order valence-corrected chi connectivity index (χ3v) is 5.59. The van der Waals surface area contributed by atoms with E-state index in [-0.39, 0.29) is 22.6 Å². The zero-order valence-corrected chi connectivity index (χ0v) is 18.4. The number of carbonyl (C=O) groups excluding carboxylic acids is 2. The molecule has 1 saturated heterocycles. The number of benzene rings is 3. The van der Waals surface area contributed by atoms with Gasteiger partial charge in [0.15, 0.2) is 0 Å². The molecule has 0 aromatic heterocycles. The van der Waals surface area contributed by atoms with Crippen LogP contribution in [0.15, 0.2) is 72.3 Å². The molecule has 0 radical (unpaired) electrons. The summed E-state index contributed by atoms with van der Waals surface area (Å²) in [6.07, 6.45) is 0. The van der Waals surface area contributed by atoms with Gasteiger partial charge in [0.25, 0.3) is 11.7 Å². The Morgan fingerprint density at radius 2 is 1.65 bits per heavy atom. The molecule has 8 heteroatoms. The number of aliphatic hydroxyl groups is 1. The number of aliphatic hydroxyl groups excluding tert-OH is 1. The predicted octanol–water partition coefficient (Wildman–Crippen LogP) is 3.91. The Morgan fingerprint density at radius 1 is 0.971 bits per heavy atom. The second-order valence-corrected chi connectivity index (χ2v) is 7.49. The second kappa shape index (κ2) is 9.00. The molecule has 170 valence electrons. The zero-order valence-electron chi connectivity index (χ0n) is 18.4. The summed E-state index contributed by atoms with van der Waals surface area (Å²) in [6.45, 7) is 0. The van der Waals surface area contributed by atoms with E-state index < -0.39 is 23.5 Å². The highest BCUT2D eigenvalue weighted by atomic mass is 16.5. The number of phenolic OH excluding ortho intramolecular Hbond substituents is 1. The molecule has 2 N–H and O–H groups in total. The largest absolute Gasteiger partial charge is 0.508 e. The summed E-state index contributed by atoms with van der Waals surface area (Å²) >= 11 is 0. The van der Waals surface area contributed by atoms with Crippen molar-refractivity contribution in [3.63, 3.8) is 0 Å². The van der Waals surface area contributed by atoms with Crippen LogP contribution in [0.1, 0.15) is 22.7 Å². The van der Waals surface area contributed by atoms with Crippen LogP contribution >= 0.6 is 0 Å². The van der Waals surface area contributed by atoms with Gasteiger partial charge in [0.05, 0.1) is 43.0 Å². The molecule has 4 rings (SSSR count). The summed E-state index contributed by atoms with van der Waals surface area (Å²) in [5.41, 5.74) is 1.29. The molecular formula is C26H20N2O6. The number of nitrogens with zero attached hydrogens (tertiary/aromatic N) is 2. The van der Waals surface area contributed by atoms with E-state index in [9.17, 15) is 19.8 Å². The number of nitriles is 1. The third kappa shape index (κ3) is 3.80. The van der Waals surface area contributed by atoms with Crippen LogP contribution in [0.25, 0.3) is 5.76 Å². The Labute approximate surface area is 195 Å². The average molecular weight is 456 g/mol. The summed E-state index contributed by atoms with van der Waals surface area (Å²) in [7, 11) is 2.89. The number of methoxy groups -OCH3 is 2. The lowest BCUT2D eigenvalue weighted by Crippen LogP contribution is -2.29. The first-order chi connectivity index (χ1) is 16.4. The summed E-state index contributed by atoms with van der Waals surface area (Å²) in [5.74, 6) is -1.44. The van der Waals surface area contributed by atoms with Crippen LogP contribution in [-0.4, -0.2) is 36.1 Å². The number of anilines is 1. The first-order valence-corrected chi connectivity index (χ1v) is 10.2. The van der Waals surface area contributed by atoms with Crippen LogP contribution in [-0.2, 0) is 9.59 Å². The molecule has 1 aliphatic heterocycles. The number of ketones is 1. The Morgan fingerprint density at radius 3 is 2.24 bits per heavy atom. The number of amides is 1. The summed E-state index contributed by atoms with van der Waals surface area (Å²) in [6, 6.07) is 17.9. The molecule has 0 saturated carbocycles. The van der Waals surface area contributed by atoms with Crippen molar-refractivity contribution in [2.24, 2.45) is 0 Å². The molecule has 1 aliphatic rings. The summed E-state index contributed by atoms with van der Waals surface area (Å²) < 4.78 is 10.6. The van der Waals surface area contributed by atoms with Crippen molar-refractivity contribution >= 4 is 23.1 Å². The molecule has 1 unspecified atom stereocenters. The van der Waals surface area contributed by atoms with Gasteiger partial charge in [-0.2, -0.15) is 5.26 Å². The first kappa shape index (κ1) is 22.4. The molecular weight excluding hydrogens is 436 g/mol. The fourth-order valence-electron chi connectivity index (χ4n) is 3.91. The molecule has 34 heavy (non-hydrogen) atoms. The Hall–Kier alpha value is -4.77. The fraction of sp³-hybridized carbons (Fsp3) is 0.115. The molecule has 0 aliphatic carbocycles. The van der Waals surface area contributed by atoms with E-state index in [1.165, 1.54) is 49.5 Å². The van der Waals surface area contributed by atoms with E-state index >= 15 is 0 Å². The van der Waals surface area contributed by atoms with E-state index in [4.69, 9.17) is 14.7 Å².